The third-order valence-corrected chi connectivity index (χ3v) is 4.58. The van der Waals surface area contributed by atoms with Gasteiger partial charge in [0.15, 0.2) is 4.96 Å². The Kier molecular flexibility index (Phi) is 2.68. The van der Waals surface area contributed by atoms with Gasteiger partial charge in [-0.3, -0.25) is 4.40 Å². The number of imidazole rings is 1. The molecule has 1 saturated heterocycles. The molecule has 1 atom stereocenters. The highest BCUT2D eigenvalue weighted by Gasteiger charge is 2.14. The molecule has 0 bridgehead atoms. The van der Waals surface area contributed by atoms with E-state index in [1.165, 1.54) is 17.9 Å². The molecule has 1 aliphatic rings. The number of aromatic nitrogens is 2. The van der Waals surface area contributed by atoms with Gasteiger partial charge in [0.25, 0.3) is 0 Å². The normalized spacial score (nSPS) is 21.5. The van der Waals surface area contributed by atoms with Gasteiger partial charge in [-0.05, 0) is 12.2 Å². The molecule has 1 fully saturated rings. The molecule has 15 heavy (non-hydrogen) atoms. The average Bonchev–Trinajstić information content (AvgIpc) is 2.91. The van der Waals surface area contributed by atoms with Crippen molar-refractivity contribution in [2.24, 2.45) is 0 Å². The maximum Gasteiger partial charge on any atom is 0.193 e. The first-order chi connectivity index (χ1) is 7.42. The highest BCUT2D eigenvalue weighted by Crippen LogP contribution is 2.17. The van der Waals surface area contributed by atoms with Crippen LogP contribution in [0.5, 0.6) is 0 Å². The summed E-state index contributed by atoms with van der Waals surface area (Å²) in [5, 5.41) is 5.62. The first-order valence-corrected chi connectivity index (χ1v) is 7.17. The fourth-order valence-electron chi connectivity index (χ4n) is 1.81. The summed E-state index contributed by atoms with van der Waals surface area (Å²) < 4.78 is 2.09. The molecule has 0 spiro atoms. The summed E-state index contributed by atoms with van der Waals surface area (Å²) in [6, 6.07) is 0.690. The Labute approximate surface area is 96.9 Å². The van der Waals surface area contributed by atoms with Gasteiger partial charge >= 0.3 is 0 Å². The van der Waals surface area contributed by atoms with Crippen LogP contribution in [0.25, 0.3) is 4.96 Å². The molecule has 3 nitrogen and oxygen atoms in total. The van der Waals surface area contributed by atoms with E-state index in [0.29, 0.717) is 6.04 Å². The van der Waals surface area contributed by atoms with Crippen molar-refractivity contribution < 1.29 is 0 Å². The van der Waals surface area contributed by atoms with Crippen molar-refractivity contribution >= 4 is 28.1 Å². The van der Waals surface area contributed by atoms with E-state index in [9.17, 15) is 0 Å². The van der Waals surface area contributed by atoms with Crippen LogP contribution in [0.4, 0.5) is 0 Å². The average molecular weight is 239 g/mol. The number of nitrogens with zero attached hydrogens (tertiary/aromatic N) is 2. The maximum absolute atomic E-state index is 4.55. The van der Waals surface area contributed by atoms with E-state index in [4.69, 9.17) is 0 Å². The number of hydrogen-bond donors (Lipinski definition) is 1. The van der Waals surface area contributed by atoms with Crippen molar-refractivity contribution in [3.05, 3.63) is 23.5 Å². The molecule has 0 radical (unpaired) electrons. The third-order valence-electron chi connectivity index (χ3n) is 2.64. The molecule has 5 heteroatoms. The van der Waals surface area contributed by atoms with Gasteiger partial charge in [-0.15, -0.1) is 11.3 Å². The highest BCUT2D eigenvalue weighted by atomic mass is 32.2. The fraction of sp³-hybridized carbons (Fsp3) is 0.500. The van der Waals surface area contributed by atoms with E-state index in [-0.39, 0.29) is 0 Å². The van der Waals surface area contributed by atoms with Crippen LogP contribution >= 0.6 is 23.1 Å². The molecular weight excluding hydrogens is 226 g/mol. The second-order valence-corrected chi connectivity index (χ2v) is 5.79. The summed E-state index contributed by atoms with van der Waals surface area (Å²) in [5.41, 5.74) is 1.15. The second-order valence-electron chi connectivity index (χ2n) is 3.77. The predicted molar refractivity (Wildman–Crippen MR) is 65.6 cm³/mol. The lowest BCUT2D eigenvalue weighted by Crippen LogP contribution is -2.28. The molecule has 2 aromatic heterocycles. The Bertz CT molecular complexity index is 414. The number of thioether (sulfide) groups is 1. The molecule has 1 aliphatic heterocycles. The summed E-state index contributed by atoms with van der Waals surface area (Å²) in [6.45, 7) is 0.902. The van der Waals surface area contributed by atoms with Crippen molar-refractivity contribution in [2.45, 2.75) is 19.0 Å². The molecule has 2 aromatic rings. The van der Waals surface area contributed by atoms with Crippen LogP contribution in [0.1, 0.15) is 12.1 Å². The summed E-state index contributed by atoms with van der Waals surface area (Å²) in [5.74, 6) is 2.55. The van der Waals surface area contributed by atoms with E-state index in [2.05, 4.69) is 32.5 Å². The zero-order valence-corrected chi connectivity index (χ0v) is 9.98. The SMILES string of the molecule is c1cn2cc(CNC3CCSC3)nc2s1. The van der Waals surface area contributed by atoms with Crippen molar-refractivity contribution in [2.75, 3.05) is 11.5 Å². The number of thiazole rings is 1. The fourth-order valence-corrected chi connectivity index (χ4v) is 3.71. The molecule has 80 valence electrons. The van der Waals surface area contributed by atoms with E-state index in [1.54, 1.807) is 11.3 Å². The van der Waals surface area contributed by atoms with Crippen molar-refractivity contribution in [3.8, 4) is 0 Å². The Balaban J connectivity index is 1.64. The Morgan fingerprint density at radius 3 is 3.40 bits per heavy atom. The van der Waals surface area contributed by atoms with Gasteiger partial charge in [0.1, 0.15) is 0 Å². The molecule has 0 aromatic carbocycles. The van der Waals surface area contributed by atoms with Gasteiger partial charge in [0.2, 0.25) is 0 Å². The molecule has 1 unspecified atom stereocenters. The predicted octanol–water partition coefficient (Wildman–Crippen LogP) is 1.99. The molecule has 0 aliphatic carbocycles. The molecule has 3 heterocycles. The molecule has 0 amide bonds. The lowest BCUT2D eigenvalue weighted by molar-refractivity contribution is 0.553. The summed E-state index contributed by atoms with van der Waals surface area (Å²) >= 11 is 3.72. The Morgan fingerprint density at radius 2 is 2.60 bits per heavy atom. The molecule has 0 saturated carbocycles. The summed E-state index contributed by atoms with van der Waals surface area (Å²) in [6.07, 6.45) is 5.47. The van der Waals surface area contributed by atoms with Crippen LogP contribution in [-0.2, 0) is 6.54 Å². The lowest BCUT2D eigenvalue weighted by atomic mass is 10.2. The topological polar surface area (TPSA) is 29.3 Å². The first kappa shape index (κ1) is 9.69. The third kappa shape index (κ3) is 2.04. The standard InChI is InChI=1S/C10H13N3S2/c1-3-14-7-8(1)11-5-9-6-13-2-4-15-10(13)12-9/h2,4,6,8,11H,1,3,5,7H2. The maximum atomic E-state index is 4.55. The van der Waals surface area contributed by atoms with Gasteiger partial charge in [-0.25, -0.2) is 4.98 Å². The van der Waals surface area contributed by atoms with Crippen LogP contribution in [-0.4, -0.2) is 26.9 Å². The summed E-state index contributed by atoms with van der Waals surface area (Å²) in [7, 11) is 0. The Hall–Kier alpha value is -0.520. The van der Waals surface area contributed by atoms with E-state index in [0.717, 1.165) is 17.2 Å². The Morgan fingerprint density at radius 1 is 1.60 bits per heavy atom. The largest absolute Gasteiger partial charge is 0.307 e. The summed E-state index contributed by atoms with van der Waals surface area (Å²) in [4.78, 5) is 5.64. The minimum atomic E-state index is 0.690. The monoisotopic (exact) mass is 239 g/mol. The number of fused-ring (bicyclic) bond motifs is 1. The number of hydrogen-bond acceptors (Lipinski definition) is 4. The zero-order valence-electron chi connectivity index (χ0n) is 8.35. The minimum Gasteiger partial charge on any atom is -0.307 e. The molecular formula is C10H13N3S2. The van der Waals surface area contributed by atoms with E-state index >= 15 is 0 Å². The van der Waals surface area contributed by atoms with Crippen LogP contribution in [0.3, 0.4) is 0 Å². The lowest BCUT2D eigenvalue weighted by Gasteiger charge is -2.08. The van der Waals surface area contributed by atoms with E-state index < -0.39 is 0 Å². The molecule has 3 rings (SSSR count). The van der Waals surface area contributed by atoms with Crippen molar-refractivity contribution in [1.29, 1.82) is 0 Å². The van der Waals surface area contributed by atoms with Crippen LogP contribution in [0, 0.1) is 0 Å². The van der Waals surface area contributed by atoms with Crippen LogP contribution < -0.4 is 5.32 Å². The number of nitrogens with one attached hydrogen (secondary N) is 1. The zero-order chi connectivity index (χ0) is 10.1. The molecule has 1 N–H and O–H groups in total. The van der Waals surface area contributed by atoms with Gasteiger partial charge in [-0.1, -0.05) is 0 Å². The number of rotatable bonds is 3. The second kappa shape index (κ2) is 4.15. The van der Waals surface area contributed by atoms with Gasteiger partial charge in [0, 0.05) is 36.1 Å². The van der Waals surface area contributed by atoms with Crippen LogP contribution in [0.15, 0.2) is 17.8 Å². The first-order valence-electron chi connectivity index (χ1n) is 5.14. The van der Waals surface area contributed by atoms with Gasteiger partial charge in [-0.2, -0.15) is 11.8 Å². The van der Waals surface area contributed by atoms with Gasteiger partial charge < -0.3 is 5.32 Å². The van der Waals surface area contributed by atoms with Crippen LogP contribution in [0.2, 0.25) is 0 Å². The smallest absolute Gasteiger partial charge is 0.193 e. The minimum absolute atomic E-state index is 0.690. The quantitative estimate of drug-likeness (QED) is 0.888. The van der Waals surface area contributed by atoms with Crippen molar-refractivity contribution in [1.82, 2.24) is 14.7 Å². The van der Waals surface area contributed by atoms with E-state index in [1.807, 2.05) is 11.8 Å². The van der Waals surface area contributed by atoms with Gasteiger partial charge in [0.05, 0.1) is 5.69 Å². The highest BCUT2D eigenvalue weighted by molar-refractivity contribution is 7.99. The van der Waals surface area contributed by atoms with Crippen molar-refractivity contribution in [3.63, 3.8) is 0 Å².